The van der Waals surface area contributed by atoms with Crippen molar-refractivity contribution in [3.8, 4) is 6.07 Å². The molecule has 13 heavy (non-hydrogen) atoms. The molecule has 0 aromatic heterocycles. The topological polar surface area (TPSA) is 53.3 Å². The van der Waals surface area contributed by atoms with E-state index in [-0.39, 0.29) is 12.1 Å². The number of amides is 1. The van der Waals surface area contributed by atoms with Crippen molar-refractivity contribution in [3.63, 3.8) is 0 Å². The minimum Gasteiger partial charge on any atom is -0.444 e. The van der Waals surface area contributed by atoms with Crippen molar-refractivity contribution in [2.24, 2.45) is 0 Å². The lowest BCUT2D eigenvalue weighted by Crippen LogP contribution is -2.51. The highest BCUT2D eigenvalue weighted by molar-refractivity contribution is 5.70. The van der Waals surface area contributed by atoms with Gasteiger partial charge in [0.15, 0.2) is 0 Å². The first-order valence-electron chi connectivity index (χ1n) is 4.33. The van der Waals surface area contributed by atoms with Crippen LogP contribution in [0.15, 0.2) is 0 Å². The molecule has 0 aromatic rings. The molecule has 1 saturated heterocycles. The lowest BCUT2D eigenvalue weighted by molar-refractivity contribution is 0.00388. The maximum Gasteiger partial charge on any atom is 0.411 e. The fourth-order valence-corrected chi connectivity index (χ4v) is 1.06. The van der Waals surface area contributed by atoms with Crippen molar-refractivity contribution in [2.45, 2.75) is 38.8 Å². The average molecular weight is 182 g/mol. The van der Waals surface area contributed by atoms with E-state index < -0.39 is 5.60 Å². The van der Waals surface area contributed by atoms with E-state index >= 15 is 0 Å². The Bertz CT molecular complexity index is 249. The maximum atomic E-state index is 11.4. The zero-order valence-corrected chi connectivity index (χ0v) is 8.20. The molecule has 1 amide bonds. The van der Waals surface area contributed by atoms with Gasteiger partial charge < -0.3 is 4.74 Å². The number of nitriles is 1. The van der Waals surface area contributed by atoms with Gasteiger partial charge in [0.1, 0.15) is 11.6 Å². The number of carbonyl (C=O) groups is 1. The minimum atomic E-state index is -0.479. The molecule has 1 heterocycles. The summed E-state index contributed by atoms with van der Waals surface area (Å²) in [4.78, 5) is 12.8. The SMILES string of the molecule is CC(C)(C)OC(=O)N1CC[C@H]1C#N. The highest BCUT2D eigenvalue weighted by Crippen LogP contribution is 2.20. The Morgan fingerprint density at radius 2 is 2.23 bits per heavy atom. The van der Waals surface area contributed by atoms with Crippen molar-refractivity contribution in [1.29, 1.82) is 5.26 Å². The number of rotatable bonds is 0. The number of hydrogen-bond donors (Lipinski definition) is 0. The van der Waals surface area contributed by atoms with Crippen molar-refractivity contribution in [1.82, 2.24) is 4.90 Å². The van der Waals surface area contributed by atoms with Gasteiger partial charge in [-0.3, -0.25) is 4.90 Å². The molecular formula is C9H14N2O2. The first kappa shape index (κ1) is 9.85. The second-order valence-corrected chi connectivity index (χ2v) is 4.11. The monoisotopic (exact) mass is 182 g/mol. The Hall–Kier alpha value is -1.24. The maximum absolute atomic E-state index is 11.4. The zero-order valence-electron chi connectivity index (χ0n) is 8.20. The summed E-state index contributed by atoms with van der Waals surface area (Å²) in [6.07, 6.45) is 0.376. The number of ether oxygens (including phenoxy) is 1. The van der Waals surface area contributed by atoms with Gasteiger partial charge in [0.2, 0.25) is 0 Å². The first-order valence-corrected chi connectivity index (χ1v) is 4.33. The van der Waals surface area contributed by atoms with Crippen LogP contribution in [0.25, 0.3) is 0 Å². The molecule has 0 unspecified atom stereocenters. The van der Waals surface area contributed by atoms with Gasteiger partial charge in [-0.15, -0.1) is 0 Å². The molecule has 4 nitrogen and oxygen atoms in total. The van der Waals surface area contributed by atoms with Crippen molar-refractivity contribution < 1.29 is 9.53 Å². The van der Waals surface area contributed by atoms with Gasteiger partial charge in [0.05, 0.1) is 6.07 Å². The third-order valence-corrected chi connectivity index (χ3v) is 1.80. The van der Waals surface area contributed by atoms with Crippen LogP contribution in [0.3, 0.4) is 0 Å². The van der Waals surface area contributed by atoms with E-state index in [1.54, 1.807) is 0 Å². The lowest BCUT2D eigenvalue weighted by atomic mass is 10.1. The van der Waals surface area contributed by atoms with E-state index in [1.165, 1.54) is 4.90 Å². The summed E-state index contributed by atoms with van der Waals surface area (Å²) >= 11 is 0. The number of carbonyl (C=O) groups excluding carboxylic acids is 1. The van der Waals surface area contributed by atoms with Crippen molar-refractivity contribution in [2.75, 3.05) is 6.54 Å². The average Bonchev–Trinajstić information content (AvgIpc) is 1.80. The Morgan fingerprint density at radius 3 is 2.54 bits per heavy atom. The van der Waals surface area contributed by atoms with Gasteiger partial charge in [-0.2, -0.15) is 5.26 Å². The summed E-state index contributed by atoms with van der Waals surface area (Å²) in [7, 11) is 0. The van der Waals surface area contributed by atoms with Crippen molar-refractivity contribution >= 4 is 6.09 Å². The predicted molar refractivity (Wildman–Crippen MR) is 47.0 cm³/mol. The summed E-state index contributed by atoms with van der Waals surface area (Å²) in [6.45, 7) is 6.07. The van der Waals surface area contributed by atoms with E-state index in [0.717, 1.165) is 6.42 Å². The second kappa shape index (κ2) is 3.25. The van der Waals surface area contributed by atoms with Gasteiger partial charge >= 0.3 is 6.09 Å². The number of likely N-dealkylation sites (tertiary alicyclic amines) is 1. The Kier molecular flexibility index (Phi) is 2.46. The molecule has 72 valence electrons. The van der Waals surface area contributed by atoms with Gasteiger partial charge in [0.25, 0.3) is 0 Å². The standard InChI is InChI=1S/C9H14N2O2/c1-9(2,3)13-8(12)11-5-4-7(11)6-10/h7H,4-5H2,1-3H3/t7-/m0/s1. The fourth-order valence-electron chi connectivity index (χ4n) is 1.06. The molecule has 1 rings (SSSR count). The third-order valence-electron chi connectivity index (χ3n) is 1.80. The van der Waals surface area contributed by atoms with Crippen LogP contribution in [0.2, 0.25) is 0 Å². The van der Waals surface area contributed by atoms with Gasteiger partial charge in [-0.05, 0) is 27.2 Å². The van der Waals surface area contributed by atoms with E-state index in [9.17, 15) is 4.79 Å². The third kappa shape index (κ3) is 2.35. The van der Waals surface area contributed by atoms with Crippen LogP contribution in [0, 0.1) is 11.3 Å². The molecule has 0 aromatic carbocycles. The van der Waals surface area contributed by atoms with Crippen LogP contribution >= 0.6 is 0 Å². The summed E-state index contributed by atoms with van der Waals surface area (Å²) in [5, 5.41) is 8.60. The molecule has 0 bridgehead atoms. The highest BCUT2D eigenvalue weighted by atomic mass is 16.6. The van der Waals surface area contributed by atoms with Crippen LogP contribution in [-0.4, -0.2) is 29.2 Å². The van der Waals surface area contributed by atoms with E-state index in [2.05, 4.69) is 0 Å². The Morgan fingerprint density at radius 1 is 1.62 bits per heavy atom. The minimum absolute atomic E-state index is 0.283. The number of nitrogens with zero attached hydrogens (tertiary/aromatic N) is 2. The largest absolute Gasteiger partial charge is 0.444 e. The molecular weight excluding hydrogens is 168 g/mol. The fraction of sp³-hybridized carbons (Fsp3) is 0.778. The van der Waals surface area contributed by atoms with Crippen LogP contribution in [0.5, 0.6) is 0 Å². The van der Waals surface area contributed by atoms with Crippen LogP contribution in [-0.2, 0) is 4.74 Å². The zero-order chi connectivity index (χ0) is 10.1. The van der Waals surface area contributed by atoms with E-state index in [4.69, 9.17) is 10.00 Å². The highest BCUT2D eigenvalue weighted by Gasteiger charge is 2.34. The lowest BCUT2D eigenvalue weighted by Gasteiger charge is -2.37. The summed E-state index contributed by atoms with van der Waals surface area (Å²) in [5.41, 5.74) is -0.479. The van der Waals surface area contributed by atoms with Gasteiger partial charge in [0, 0.05) is 6.54 Å². The molecule has 1 aliphatic rings. The van der Waals surface area contributed by atoms with E-state index in [1.807, 2.05) is 26.8 Å². The molecule has 0 radical (unpaired) electrons. The van der Waals surface area contributed by atoms with Crippen molar-refractivity contribution in [3.05, 3.63) is 0 Å². The number of hydrogen-bond acceptors (Lipinski definition) is 3. The summed E-state index contributed by atoms with van der Waals surface area (Å²) in [5.74, 6) is 0. The van der Waals surface area contributed by atoms with Crippen LogP contribution in [0.4, 0.5) is 4.79 Å². The summed E-state index contributed by atoms with van der Waals surface area (Å²) in [6, 6.07) is 1.76. The first-order chi connectivity index (χ1) is 5.94. The van der Waals surface area contributed by atoms with Gasteiger partial charge in [-0.25, -0.2) is 4.79 Å². The normalized spacial score (nSPS) is 21.7. The Labute approximate surface area is 78.1 Å². The van der Waals surface area contributed by atoms with Crippen LogP contribution in [0.1, 0.15) is 27.2 Å². The molecule has 1 aliphatic heterocycles. The molecule has 0 saturated carbocycles. The molecule has 0 spiro atoms. The molecule has 1 atom stereocenters. The molecule has 0 N–H and O–H groups in total. The van der Waals surface area contributed by atoms with Gasteiger partial charge in [-0.1, -0.05) is 0 Å². The quantitative estimate of drug-likeness (QED) is 0.570. The predicted octanol–water partition coefficient (Wildman–Crippen LogP) is 1.52. The molecule has 4 heteroatoms. The van der Waals surface area contributed by atoms with E-state index in [0.29, 0.717) is 6.54 Å². The smallest absolute Gasteiger partial charge is 0.411 e. The van der Waals surface area contributed by atoms with Crippen LogP contribution < -0.4 is 0 Å². The molecule has 1 fully saturated rings. The summed E-state index contributed by atoms with van der Waals surface area (Å²) < 4.78 is 5.11. The second-order valence-electron chi connectivity index (χ2n) is 4.11. The molecule has 0 aliphatic carbocycles. The Balaban J connectivity index is 2.46.